The minimum absolute atomic E-state index is 0.306. The van der Waals surface area contributed by atoms with Gasteiger partial charge in [-0.05, 0) is 42.3 Å². The highest BCUT2D eigenvalue weighted by Gasteiger charge is 2.26. The second-order valence-corrected chi connectivity index (χ2v) is 10.7. The second kappa shape index (κ2) is 9.15. The molecule has 1 fully saturated rings. The van der Waals surface area contributed by atoms with Gasteiger partial charge in [0.25, 0.3) is 0 Å². The van der Waals surface area contributed by atoms with Crippen LogP contribution in [0.25, 0.3) is 0 Å². The summed E-state index contributed by atoms with van der Waals surface area (Å²) in [6.07, 6.45) is 2.32. The summed E-state index contributed by atoms with van der Waals surface area (Å²) in [4.78, 5) is 17.1. The van der Waals surface area contributed by atoms with Gasteiger partial charge in [0.15, 0.2) is 15.7 Å². The molecule has 0 bridgehead atoms. The molecule has 34 heavy (non-hydrogen) atoms. The highest BCUT2D eigenvalue weighted by Crippen LogP contribution is 2.35. The molecule has 0 unspecified atom stereocenters. The number of hydrogen-bond acceptors (Lipinski definition) is 8. The largest absolute Gasteiger partial charge is 0.378 e. The lowest BCUT2D eigenvalue weighted by atomic mass is 10.1. The van der Waals surface area contributed by atoms with Crippen molar-refractivity contribution in [1.29, 1.82) is 0 Å². The number of anilines is 2. The van der Waals surface area contributed by atoms with Crippen LogP contribution in [0.15, 0.2) is 58.4 Å². The Labute approximate surface area is 199 Å². The number of sulfone groups is 1. The Bertz CT molecular complexity index is 1350. The minimum atomic E-state index is -3.23. The van der Waals surface area contributed by atoms with Crippen LogP contribution in [-0.4, -0.2) is 56.8 Å². The number of nitrogens with zero attached hydrogens (tertiary/aromatic N) is 4. The van der Waals surface area contributed by atoms with E-state index in [1.807, 2.05) is 24.3 Å². The van der Waals surface area contributed by atoms with Crippen molar-refractivity contribution in [3.05, 3.63) is 71.2 Å². The van der Waals surface area contributed by atoms with E-state index in [2.05, 4.69) is 29.3 Å². The number of hydrogen-bond donors (Lipinski definition) is 1. The summed E-state index contributed by atoms with van der Waals surface area (Å²) in [5, 5.41) is 3.43. The van der Waals surface area contributed by atoms with Gasteiger partial charge in [-0.25, -0.2) is 23.4 Å². The highest BCUT2D eigenvalue weighted by atomic mass is 32.2. The topological polar surface area (TPSA) is 96.8 Å². The Morgan fingerprint density at radius 2 is 1.82 bits per heavy atom. The summed E-state index contributed by atoms with van der Waals surface area (Å²) in [7, 11) is -3.23. The summed E-state index contributed by atoms with van der Waals surface area (Å²) in [6.45, 7) is 4.87. The first-order valence-electron chi connectivity index (χ1n) is 11.3. The predicted molar refractivity (Wildman–Crippen MR) is 133 cm³/mol. The van der Waals surface area contributed by atoms with Crippen LogP contribution in [0.4, 0.5) is 17.2 Å². The van der Waals surface area contributed by atoms with Gasteiger partial charge in [-0.3, -0.25) is 0 Å². The lowest BCUT2D eigenvalue weighted by Gasteiger charge is -2.28. The molecule has 1 saturated heterocycles. The van der Waals surface area contributed by atoms with Gasteiger partial charge < -0.3 is 15.0 Å². The number of fused-ring (bicyclic) bond motifs is 1. The van der Waals surface area contributed by atoms with E-state index in [0.717, 1.165) is 47.4 Å². The fourth-order valence-corrected chi connectivity index (χ4v) is 4.81. The number of aliphatic imine (C=N–C) groups is 1. The maximum absolute atomic E-state index is 11.8. The minimum Gasteiger partial charge on any atom is -0.378 e. The third-order valence-corrected chi connectivity index (χ3v) is 7.03. The summed E-state index contributed by atoms with van der Waals surface area (Å²) in [6, 6.07) is 15.1. The molecular weight excluding hydrogens is 450 g/mol. The molecular formula is C25H27N5O3S. The van der Waals surface area contributed by atoms with Crippen molar-refractivity contribution in [2.45, 2.75) is 24.7 Å². The lowest BCUT2D eigenvalue weighted by Crippen LogP contribution is -2.37. The number of morpholine rings is 1. The summed E-state index contributed by atoms with van der Waals surface area (Å²) in [5.74, 6) is 2.37. The predicted octanol–water partition coefficient (Wildman–Crippen LogP) is 3.31. The standard InChI is InChI=1S/C25H27N5O3S/c1-17-4-3-5-19(14-17)26-23-16-21-24(28-23)25(30-10-12-33-13-11-30)29-22(27-21)15-18-6-8-20(9-7-18)34(2,31)32/h3-9,14H,10-13,15-16H2,1-2H3,(H,26,28). The maximum Gasteiger partial charge on any atom is 0.175 e. The molecule has 9 heteroatoms. The molecule has 3 heterocycles. The van der Waals surface area contributed by atoms with E-state index in [1.165, 1.54) is 11.8 Å². The number of ether oxygens (including phenoxy) is 1. The van der Waals surface area contributed by atoms with Crippen LogP contribution >= 0.6 is 0 Å². The van der Waals surface area contributed by atoms with Gasteiger partial charge in [-0.1, -0.05) is 24.3 Å². The quantitative estimate of drug-likeness (QED) is 0.602. The van der Waals surface area contributed by atoms with Crippen LogP contribution in [0, 0.1) is 6.92 Å². The Morgan fingerprint density at radius 3 is 2.53 bits per heavy atom. The van der Waals surface area contributed by atoms with Crippen LogP contribution in [-0.2, 0) is 27.4 Å². The molecule has 2 aliphatic heterocycles. The number of nitrogens with one attached hydrogen (secondary N) is 1. The molecule has 2 aromatic carbocycles. The van der Waals surface area contributed by atoms with Crippen LogP contribution in [0.2, 0.25) is 0 Å². The molecule has 0 amide bonds. The molecule has 0 saturated carbocycles. The third-order valence-electron chi connectivity index (χ3n) is 5.90. The molecule has 0 spiro atoms. The molecule has 2 aliphatic rings. The van der Waals surface area contributed by atoms with Gasteiger partial charge in [0.05, 0.1) is 30.2 Å². The number of amidine groups is 1. The van der Waals surface area contributed by atoms with Crippen molar-refractivity contribution in [3.8, 4) is 0 Å². The number of aryl methyl sites for hydroxylation is 1. The molecule has 0 aliphatic carbocycles. The van der Waals surface area contributed by atoms with Crippen molar-refractivity contribution >= 4 is 32.9 Å². The molecule has 1 N–H and O–H groups in total. The number of benzene rings is 2. The monoisotopic (exact) mass is 477 g/mol. The smallest absolute Gasteiger partial charge is 0.175 e. The van der Waals surface area contributed by atoms with E-state index < -0.39 is 9.84 Å². The summed E-state index contributed by atoms with van der Waals surface area (Å²) < 4.78 is 29.1. The van der Waals surface area contributed by atoms with Gasteiger partial charge >= 0.3 is 0 Å². The van der Waals surface area contributed by atoms with Crippen molar-refractivity contribution in [3.63, 3.8) is 0 Å². The number of rotatable bonds is 5. The Morgan fingerprint density at radius 1 is 1.06 bits per heavy atom. The molecule has 1 aromatic heterocycles. The van der Waals surface area contributed by atoms with E-state index in [0.29, 0.717) is 36.8 Å². The van der Waals surface area contributed by atoms with Crippen LogP contribution < -0.4 is 10.2 Å². The Hall–Kier alpha value is -3.30. The molecule has 0 radical (unpaired) electrons. The Balaban J connectivity index is 1.44. The lowest BCUT2D eigenvalue weighted by molar-refractivity contribution is 0.122. The normalized spacial score (nSPS) is 15.7. The summed E-state index contributed by atoms with van der Waals surface area (Å²) >= 11 is 0. The van der Waals surface area contributed by atoms with Crippen LogP contribution in [0.1, 0.15) is 22.6 Å². The zero-order valence-electron chi connectivity index (χ0n) is 19.3. The first-order chi connectivity index (χ1) is 16.3. The van der Waals surface area contributed by atoms with E-state index in [-0.39, 0.29) is 0 Å². The average Bonchev–Trinajstić information content (AvgIpc) is 3.21. The van der Waals surface area contributed by atoms with Gasteiger partial charge in [-0.2, -0.15) is 0 Å². The van der Waals surface area contributed by atoms with Gasteiger partial charge in [0, 0.05) is 31.5 Å². The van der Waals surface area contributed by atoms with Crippen molar-refractivity contribution < 1.29 is 13.2 Å². The average molecular weight is 478 g/mol. The highest BCUT2D eigenvalue weighted by molar-refractivity contribution is 7.90. The Kier molecular flexibility index (Phi) is 6.05. The maximum atomic E-state index is 11.8. The van der Waals surface area contributed by atoms with Crippen molar-refractivity contribution in [1.82, 2.24) is 9.97 Å². The summed E-state index contributed by atoms with van der Waals surface area (Å²) in [5.41, 5.74) is 4.85. The molecule has 3 aromatic rings. The molecule has 8 nitrogen and oxygen atoms in total. The van der Waals surface area contributed by atoms with E-state index in [1.54, 1.807) is 12.1 Å². The molecule has 176 valence electrons. The van der Waals surface area contributed by atoms with Crippen LogP contribution in [0.3, 0.4) is 0 Å². The van der Waals surface area contributed by atoms with E-state index >= 15 is 0 Å². The van der Waals surface area contributed by atoms with Gasteiger partial charge in [0.1, 0.15) is 17.3 Å². The fourth-order valence-electron chi connectivity index (χ4n) is 4.18. The van der Waals surface area contributed by atoms with Gasteiger partial charge in [0.2, 0.25) is 0 Å². The van der Waals surface area contributed by atoms with E-state index in [9.17, 15) is 8.42 Å². The van der Waals surface area contributed by atoms with Crippen LogP contribution in [0.5, 0.6) is 0 Å². The second-order valence-electron chi connectivity index (χ2n) is 8.68. The number of aromatic nitrogens is 2. The van der Waals surface area contributed by atoms with Crippen molar-refractivity contribution in [2.75, 3.05) is 42.8 Å². The van der Waals surface area contributed by atoms with Gasteiger partial charge in [-0.15, -0.1) is 0 Å². The zero-order valence-corrected chi connectivity index (χ0v) is 20.1. The third kappa shape index (κ3) is 4.95. The first-order valence-corrected chi connectivity index (χ1v) is 13.2. The molecule has 5 rings (SSSR count). The first kappa shape index (κ1) is 22.5. The zero-order chi connectivity index (χ0) is 23.7. The SMILES string of the molecule is Cc1cccc(NC2=Nc3c(nc(Cc4ccc(S(C)(=O)=O)cc4)nc3N3CCOCC3)C2)c1. The van der Waals surface area contributed by atoms with Crippen molar-refractivity contribution in [2.24, 2.45) is 4.99 Å². The van der Waals surface area contributed by atoms with E-state index in [4.69, 9.17) is 19.7 Å². The molecule has 0 atom stereocenters. The fraction of sp³-hybridized carbons (Fsp3) is 0.320.